The molecule has 0 spiro atoms. The molecule has 2 fully saturated rings. The number of ether oxygens (including phenoxy) is 1. The second-order valence-corrected chi connectivity index (χ2v) is 8.51. The smallest absolute Gasteiger partial charge is 0.249 e. The molecule has 0 unspecified atom stereocenters. The number of nitrogens with one attached hydrogen (secondary N) is 1. The van der Waals surface area contributed by atoms with E-state index in [9.17, 15) is 14.4 Å². The van der Waals surface area contributed by atoms with E-state index in [0.29, 0.717) is 11.7 Å². The van der Waals surface area contributed by atoms with Crippen LogP contribution >= 0.6 is 11.3 Å². The highest BCUT2D eigenvalue weighted by atomic mass is 32.1. The maximum Gasteiger partial charge on any atom is 0.249 e. The van der Waals surface area contributed by atoms with E-state index < -0.39 is 0 Å². The highest BCUT2D eigenvalue weighted by Crippen LogP contribution is 2.29. The van der Waals surface area contributed by atoms with Gasteiger partial charge in [-0.1, -0.05) is 17.4 Å². The molecule has 154 valence electrons. The number of nitrogens with zero attached hydrogens (tertiary/aromatic N) is 3. The first-order valence-corrected chi connectivity index (χ1v) is 10.7. The monoisotopic (exact) mass is 417 g/mol. The maximum absolute atomic E-state index is 13.1. The molecule has 29 heavy (non-hydrogen) atoms. The van der Waals surface area contributed by atoms with Gasteiger partial charge in [-0.2, -0.15) is 0 Å². The van der Waals surface area contributed by atoms with Crippen molar-refractivity contribution in [1.82, 2.24) is 9.88 Å². The van der Waals surface area contributed by atoms with Crippen molar-refractivity contribution in [1.29, 1.82) is 0 Å². The fraction of sp³-hybridized carbons (Fsp3) is 0.500. The predicted octanol–water partition coefficient (Wildman–Crippen LogP) is 0.00182. The van der Waals surface area contributed by atoms with Crippen molar-refractivity contribution < 1.29 is 24.0 Å². The number of quaternary nitrogens is 1. The molecule has 0 bridgehead atoms. The first kappa shape index (κ1) is 19.9. The molecule has 2 aromatic rings. The van der Waals surface area contributed by atoms with Gasteiger partial charge in [0.1, 0.15) is 19.6 Å². The number of amides is 3. The van der Waals surface area contributed by atoms with Crippen LogP contribution in [-0.2, 0) is 19.1 Å². The van der Waals surface area contributed by atoms with Crippen molar-refractivity contribution in [3.8, 4) is 0 Å². The topological polar surface area (TPSA) is 84.2 Å². The molecule has 1 aromatic carbocycles. The normalized spacial score (nSPS) is 18.0. The van der Waals surface area contributed by atoms with E-state index in [2.05, 4.69) is 11.1 Å². The average molecular weight is 418 g/mol. The Balaban J connectivity index is 1.55. The first-order chi connectivity index (χ1) is 14.0. The van der Waals surface area contributed by atoms with Gasteiger partial charge in [0.2, 0.25) is 17.7 Å². The van der Waals surface area contributed by atoms with Crippen molar-refractivity contribution in [3.63, 3.8) is 0 Å². The van der Waals surface area contributed by atoms with Crippen molar-refractivity contribution in [3.05, 3.63) is 23.8 Å². The molecule has 3 amide bonds. The molecule has 0 radical (unpaired) electrons. The number of aromatic nitrogens is 1. The van der Waals surface area contributed by atoms with Crippen LogP contribution in [0.5, 0.6) is 0 Å². The highest BCUT2D eigenvalue weighted by molar-refractivity contribution is 7.22. The third-order valence-electron chi connectivity index (χ3n) is 5.40. The van der Waals surface area contributed by atoms with Gasteiger partial charge in [-0.3, -0.25) is 24.2 Å². The van der Waals surface area contributed by atoms with Crippen LogP contribution < -0.4 is 9.80 Å². The zero-order chi connectivity index (χ0) is 20.4. The van der Waals surface area contributed by atoms with Gasteiger partial charge in [0.25, 0.3) is 0 Å². The molecule has 2 aliphatic heterocycles. The molecular weight excluding hydrogens is 392 g/mol. The van der Waals surface area contributed by atoms with E-state index in [-0.39, 0.29) is 37.1 Å². The lowest BCUT2D eigenvalue weighted by Crippen LogP contribution is -3.14. The average Bonchev–Trinajstić information content (AvgIpc) is 3.26. The van der Waals surface area contributed by atoms with Crippen LogP contribution in [0.2, 0.25) is 0 Å². The van der Waals surface area contributed by atoms with Gasteiger partial charge in [-0.15, -0.1) is 0 Å². The first-order valence-electron chi connectivity index (χ1n) is 9.93. The number of thiazole rings is 1. The van der Waals surface area contributed by atoms with Gasteiger partial charge in [0, 0.05) is 12.8 Å². The van der Waals surface area contributed by atoms with Gasteiger partial charge in [-0.25, -0.2) is 4.98 Å². The number of benzene rings is 1. The number of rotatable bonds is 6. The second kappa shape index (κ2) is 8.56. The fourth-order valence-corrected chi connectivity index (χ4v) is 4.77. The number of carbonyl (C=O) groups is 3. The van der Waals surface area contributed by atoms with Gasteiger partial charge in [-0.05, 0) is 24.6 Å². The van der Waals surface area contributed by atoms with Crippen LogP contribution in [0.3, 0.4) is 0 Å². The minimum Gasteiger partial charge on any atom is -0.370 e. The minimum absolute atomic E-state index is 0.185. The van der Waals surface area contributed by atoms with Crippen molar-refractivity contribution in [2.45, 2.75) is 19.8 Å². The molecule has 1 aromatic heterocycles. The number of hydrogen-bond donors (Lipinski definition) is 1. The number of carbonyl (C=O) groups excluding carboxylic acids is 3. The zero-order valence-corrected chi connectivity index (χ0v) is 17.3. The molecule has 0 aliphatic carbocycles. The molecular formula is C20H25N4O4S+. The summed E-state index contributed by atoms with van der Waals surface area (Å²) in [6.45, 7) is 6.32. The fourth-order valence-electron chi connectivity index (χ4n) is 3.66. The molecule has 0 saturated carbocycles. The lowest BCUT2D eigenvalue weighted by Gasteiger charge is -2.27. The van der Waals surface area contributed by atoms with Gasteiger partial charge in [0.15, 0.2) is 5.13 Å². The Morgan fingerprint density at radius 3 is 2.69 bits per heavy atom. The van der Waals surface area contributed by atoms with Crippen molar-refractivity contribution in [2.24, 2.45) is 0 Å². The standard InChI is InChI=1S/C20H24N4O4S/c1-14-2-3-15-16(12-14)29-20(21-15)23(7-6-22-8-10-28-11-9-22)19(27)13-24-17(25)4-5-18(24)26/h2-3,12H,4-11,13H2,1H3/p+1. The molecule has 9 heteroatoms. The Morgan fingerprint density at radius 1 is 1.24 bits per heavy atom. The second-order valence-electron chi connectivity index (χ2n) is 7.50. The van der Waals surface area contributed by atoms with Crippen LogP contribution in [0.4, 0.5) is 5.13 Å². The van der Waals surface area contributed by atoms with E-state index in [1.165, 1.54) is 16.2 Å². The molecule has 4 rings (SSSR count). The lowest BCUT2D eigenvalue weighted by molar-refractivity contribution is -0.906. The summed E-state index contributed by atoms with van der Waals surface area (Å²) in [5.41, 5.74) is 1.98. The van der Waals surface area contributed by atoms with Crippen molar-refractivity contribution in [2.75, 3.05) is 50.8 Å². The Morgan fingerprint density at radius 2 is 1.97 bits per heavy atom. The van der Waals surface area contributed by atoms with Crippen LogP contribution in [0.1, 0.15) is 18.4 Å². The van der Waals surface area contributed by atoms with Crippen LogP contribution in [-0.4, -0.2) is 73.5 Å². The number of aryl methyl sites for hydroxylation is 1. The third-order valence-corrected chi connectivity index (χ3v) is 6.44. The highest BCUT2D eigenvalue weighted by Gasteiger charge is 2.33. The van der Waals surface area contributed by atoms with E-state index in [0.717, 1.165) is 53.5 Å². The molecule has 2 saturated heterocycles. The van der Waals surface area contributed by atoms with Crippen LogP contribution in [0.15, 0.2) is 18.2 Å². The zero-order valence-electron chi connectivity index (χ0n) is 16.5. The minimum atomic E-state index is -0.276. The summed E-state index contributed by atoms with van der Waals surface area (Å²) in [5.74, 6) is -0.818. The quantitative estimate of drug-likeness (QED) is 0.669. The Kier molecular flexibility index (Phi) is 5.89. The SMILES string of the molecule is Cc1ccc2nc(N(CC[NH+]3CCOCC3)C(=O)CN3C(=O)CCC3=O)sc2c1. The van der Waals surface area contributed by atoms with Gasteiger partial charge < -0.3 is 9.64 Å². The largest absolute Gasteiger partial charge is 0.370 e. The lowest BCUT2D eigenvalue weighted by atomic mass is 10.2. The summed E-state index contributed by atoms with van der Waals surface area (Å²) in [6, 6.07) is 6.01. The number of hydrogen-bond acceptors (Lipinski definition) is 6. The summed E-state index contributed by atoms with van der Waals surface area (Å²) in [5, 5.41) is 0.613. The van der Waals surface area contributed by atoms with Gasteiger partial charge >= 0.3 is 0 Å². The van der Waals surface area contributed by atoms with E-state index >= 15 is 0 Å². The van der Waals surface area contributed by atoms with Gasteiger partial charge in [0.05, 0.1) is 36.5 Å². The van der Waals surface area contributed by atoms with E-state index in [1.54, 1.807) is 4.90 Å². The number of morpholine rings is 1. The summed E-state index contributed by atoms with van der Waals surface area (Å²) in [7, 11) is 0. The molecule has 1 N–H and O–H groups in total. The van der Waals surface area contributed by atoms with E-state index in [4.69, 9.17) is 4.74 Å². The summed E-state index contributed by atoms with van der Waals surface area (Å²) < 4.78 is 6.43. The summed E-state index contributed by atoms with van der Waals surface area (Å²) in [4.78, 5) is 45.8. The third kappa shape index (κ3) is 4.47. The van der Waals surface area contributed by atoms with Crippen LogP contribution in [0, 0.1) is 6.92 Å². The number of anilines is 1. The predicted molar refractivity (Wildman–Crippen MR) is 109 cm³/mol. The van der Waals surface area contributed by atoms with Crippen molar-refractivity contribution >= 4 is 44.4 Å². The summed E-state index contributed by atoms with van der Waals surface area (Å²) >= 11 is 1.47. The number of imide groups is 1. The Bertz CT molecular complexity index is 922. The number of fused-ring (bicyclic) bond motifs is 1. The molecule has 8 nitrogen and oxygen atoms in total. The Labute approximate surface area is 173 Å². The number of likely N-dealkylation sites (tertiary alicyclic amines) is 1. The summed E-state index contributed by atoms with van der Waals surface area (Å²) in [6.07, 6.45) is 0.370. The van der Waals surface area contributed by atoms with Crippen LogP contribution in [0.25, 0.3) is 10.2 Å². The molecule has 3 heterocycles. The molecule has 2 aliphatic rings. The Hall–Kier alpha value is -2.36. The molecule has 0 atom stereocenters. The maximum atomic E-state index is 13.1. The van der Waals surface area contributed by atoms with E-state index in [1.807, 2.05) is 19.1 Å².